The Morgan fingerprint density at radius 3 is 2.56 bits per heavy atom. The zero-order valence-electron chi connectivity index (χ0n) is 12.7. The second kappa shape index (κ2) is 8.13. The maximum absolute atomic E-state index is 10.1. The summed E-state index contributed by atoms with van der Waals surface area (Å²) in [6, 6.07) is 0.555. The largest absolute Gasteiger partial charge is 0.393 e. The van der Waals surface area contributed by atoms with Crippen molar-refractivity contribution in [3.63, 3.8) is 0 Å². The highest BCUT2D eigenvalue weighted by atomic mass is 16.3. The fourth-order valence-corrected chi connectivity index (χ4v) is 2.89. The molecule has 18 heavy (non-hydrogen) atoms. The molecule has 3 nitrogen and oxygen atoms in total. The van der Waals surface area contributed by atoms with Crippen LogP contribution in [0.3, 0.4) is 0 Å². The number of aliphatic hydroxyl groups excluding tert-OH is 1. The van der Waals surface area contributed by atoms with E-state index < -0.39 is 0 Å². The maximum Gasteiger partial charge on any atom is 0.0578 e. The van der Waals surface area contributed by atoms with Crippen LogP contribution in [-0.4, -0.2) is 48.3 Å². The molecule has 1 saturated heterocycles. The van der Waals surface area contributed by atoms with E-state index in [1.165, 1.54) is 6.42 Å². The van der Waals surface area contributed by atoms with Crippen LogP contribution in [-0.2, 0) is 0 Å². The van der Waals surface area contributed by atoms with Crippen LogP contribution in [0.25, 0.3) is 0 Å². The highest BCUT2D eigenvalue weighted by molar-refractivity contribution is 4.86. The molecule has 1 fully saturated rings. The molecule has 0 spiro atoms. The third kappa shape index (κ3) is 5.25. The maximum atomic E-state index is 10.1. The molecule has 0 radical (unpaired) electrons. The number of likely N-dealkylation sites (tertiary alicyclic amines) is 1. The van der Waals surface area contributed by atoms with Crippen molar-refractivity contribution in [3.8, 4) is 0 Å². The number of piperidine rings is 1. The van der Waals surface area contributed by atoms with Crippen molar-refractivity contribution in [2.24, 2.45) is 11.8 Å². The lowest BCUT2D eigenvalue weighted by molar-refractivity contribution is 0.0353. The molecule has 0 amide bonds. The van der Waals surface area contributed by atoms with Crippen molar-refractivity contribution in [1.82, 2.24) is 10.2 Å². The van der Waals surface area contributed by atoms with Gasteiger partial charge in [-0.2, -0.15) is 0 Å². The molecule has 0 aromatic rings. The van der Waals surface area contributed by atoms with Crippen molar-refractivity contribution >= 4 is 0 Å². The molecule has 0 aromatic carbocycles. The van der Waals surface area contributed by atoms with E-state index in [1.54, 1.807) is 0 Å². The minimum atomic E-state index is -0.131. The van der Waals surface area contributed by atoms with E-state index in [0.29, 0.717) is 17.9 Å². The van der Waals surface area contributed by atoms with E-state index in [2.05, 4.69) is 37.9 Å². The topological polar surface area (TPSA) is 35.5 Å². The van der Waals surface area contributed by atoms with Crippen molar-refractivity contribution < 1.29 is 5.11 Å². The number of nitrogens with zero attached hydrogens (tertiary/aromatic N) is 1. The molecular formula is C15H32N2O. The van der Waals surface area contributed by atoms with Gasteiger partial charge in [0.25, 0.3) is 0 Å². The third-order valence-electron chi connectivity index (χ3n) is 3.88. The zero-order chi connectivity index (χ0) is 13.5. The molecule has 1 heterocycles. The quantitative estimate of drug-likeness (QED) is 0.732. The highest BCUT2D eigenvalue weighted by Crippen LogP contribution is 2.22. The molecule has 3 atom stereocenters. The van der Waals surface area contributed by atoms with Crippen LogP contribution in [0.1, 0.15) is 47.0 Å². The standard InChI is InChI=1S/C15H32N2O/c1-5-7-17-10-13(15(18)6-2)8-14(11-17)16-9-12(3)4/h12-16,18H,5-11H2,1-4H3. The summed E-state index contributed by atoms with van der Waals surface area (Å²) < 4.78 is 0. The molecule has 0 bridgehead atoms. The van der Waals surface area contributed by atoms with Gasteiger partial charge in [0.1, 0.15) is 0 Å². The van der Waals surface area contributed by atoms with Gasteiger partial charge in [-0.15, -0.1) is 0 Å². The van der Waals surface area contributed by atoms with Gasteiger partial charge in [-0.1, -0.05) is 27.7 Å². The first-order valence-corrected chi connectivity index (χ1v) is 7.70. The van der Waals surface area contributed by atoms with Gasteiger partial charge in [0.05, 0.1) is 6.10 Å². The normalized spacial score (nSPS) is 27.7. The van der Waals surface area contributed by atoms with Gasteiger partial charge in [0.2, 0.25) is 0 Å². The third-order valence-corrected chi connectivity index (χ3v) is 3.88. The SMILES string of the molecule is CCCN1CC(NCC(C)C)CC(C(O)CC)C1. The minimum Gasteiger partial charge on any atom is -0.393 e. The number of nitrogens with one attached hydrogen (secondary N) is 1. The lowest BCUT2D eigenvalue weighted by atomic mass is 9.88. The van der Waals surface area contributed by atoms with Crippen molar-refractivity contribution in [1.29, 1.82) is 0 Å². The van der Waals surface area contributed by atoms with Gasteiger partial charge in [0, 0.05) is 19.1 Å². The van der Waals surface area contributed by atoms with Crippen LogP contribution in [0, 0.1) is 11.8 Å². The van der Waals surface area contributed by atoms with Gasteiger partial charge in [-0.3, -0.25) is 0 Å². The minimum absolute atomic E-state index is 0.131. The molecule has 1 aliphatic rings. The number of aliphatic hydroxyl groups is 1. The summed E-state index contributed by atoms with van der Waals surface area (Å²) in [6.07, 6.45) is 3.07. The summed E-state index contributed by atoms with van der Waals surface area (Å²) in [6.45, 7) is 13.3. The van der Waals surface area contributed by atoms with Crippen LogP contribution >= 0.6 is 0 Å². The molecular weight excluding hydrogens is 224 g/mol. The zero-order valence-corrected chi connectivity index (χ0v) is 12.7. The van der Waals surface area contributed by atoms with Gasteiger partial charge in [-0.05, 0) is 44.2 Å². The lowest BCUT2D eigenvalue weighted by Gasteiger charge is -2.40. The Morgan fingerprint density at radius 2 is 2.00 bits per heavy atom. The highest BCUT2D eigenvalue weighted by Gasteiger charge is 2.30. The molecule has 0 saturated carbocycles. The Balaban J connectivity index is 2.50. The van der Waals surface area contributed by atoms with Crippen LogP contribution in [0.5, 0.6) is 0 Å². The lowest BCUT2D eigenvalue weighted by Crippen LogP contribution is -2.52. The Kier molecular flexibility index (Phi) is 7.20. The Morgan fingerprint density at radius 1 is 1.28 bits per heavy atom. The second-order valence-electron chi connectivity index (χ2n) is 6.23. The van der Waals surface area contributed by atoms with Crippen LogP contribution < -0.4 is 5.32 Å². The van der Waals surface area contributed by atoms with Crippen molar-refractivity contribution in [2.75, 3.05) is 26.2 Å². The summed E-state index contributed by atoms with van der Waals surface area (Å²) in [4.78, 5) is 2.52. The van der Waals surface area contributed by atoms with E-state index in [1.807, 2.05) is 0 Å². The summed E-state index contributed by atoms with van der Waals surface area (Å²) in [5, 5.41) is 13.8. The molecule has 2 N–H and O–H groups in total. The fraction of sp³-hybridized carbons (Fsp3) is 1.00. The van der Waals surface area contributed by atoms with Gasteiger partial charge >= 0.3 is 0 Å². The van der Waals surface area contributed by atoms with Crippen LogP contribution in [0.15, 0.2) is 0 Å². The van der Waals surface area contributed by atoms with Gasteiger partial charge in [-0.25, -0.2) is 0 Å². The predicted octanol–water partition coefficient (Wildman–Crippen LogP) is 2.10. The van der Waals surface area contributed by atoms with E-state index in [-0.39, 0.29) is 6.10 Å². The summed E-state index contributed by atoms with van der Waals surface area (Å²) in [5.74, 6) is 1.14. The van der Waals surface area contributed by atoms with Crippen LogP contribution in [0.4, 0.5) is 0 Å². The first-order chi connectivity index (χ1) is 8.56. The first kappa shape index (κ1) is 15.9. The Bertz CT molecular complexity index is 221. The smallest absolute Gasteiger partial charge is 0.0578 e. The summed E-state index contributed by atoms with van der Waals surface area (Å²) in [5.41, 5.74) is 0. The Labute approximate surface area is 113 Å². The van der Waals surface area contributed by atoms with Crippen molar-refractivity contribution in [2.45, 2.75) is 59.1 Å². The molecule has 3 unspecified atom stereocenters. The monoisotopic (exact) mass is 256 g/mol. The number of hydrogen-bond donors (Lipinski definition) is 2. The molecule has 1 rings (SSSR count). The Hall–Kier alpha value is -0.120. The number of rotatable bonds is 7. The average molecular weight is 256 g/mol. The predicted molar refractivity (Wildman–Crippen MR) is 77.8 cm³/mol. The van der Waals surface area contributed by atoms with E-state index in [4.69, 9.17) is 0 Å². The molecule has 1 aliphatic heterocycles. The van der Waals surface area contributed by atoms with E-state index in [9.17, 15) is 5.11 Å². The molecule has 0 aromatic heterocycles. The first-order valence-electron chi connectivity index (χ1n) is 7.70. The van der Waals surface area contributed by atoms with Gasteiger partial charge < -0.3 is 15.3 Å². The fourth-order valence-electron chi connectivity index (χ4n) is 2.89. The molecule has 3 heteroatoms. The van der Waals surface area contributed by atoms with E-state index >= 15 is 0 Å². The summed E-state index contributed by atoms with van der Waals surface area (Å²) in [7, 11) is 0. The van der Waals surface area contributed by atoms with Gasteiger partial charge in [0.15, 0.2) is 0 Å². The molecule has 0 aliphatic carbocycles. The summed E-state index contributed by atoms with van der Waals surface area (Å²) >= 11 is 0. The number of hydrogen-bond acceptors (Lipinski definition) is 3. The van der Waals surface area contributed by atoms with E-state index in [0.717, 1.165) is 39.0 Å². The van der Waals surface area contributed by atoms with Crippen LogP contribution in [0.2, 0.25) is 0 Å². The average Bonchev–Trinajstić information content (AvgIpc) is 2.35. The molecule has 108 valence electrons. The van der Waals surface area contributed by atoms with Crippen molar-refractivity contribution in [3.05, 3.63) is 0 Å². The second-order valence-corrected chi connectivity index (χ2v) is 6.23.